The lowest BCUT2D eigenvalue weighted by Crippen LogP contribution is -2.14. The van der Waals surface area contributed by atoms with E-state index in [-0.39, 0.29) is 5.56 Å². The average molecular weight is 260 g/mol. The van der Waals surface area contributed by atoms with Gasteiger partial charge in [-0.25, -0.2) is 4.98 Å². The third kappa shape index (κ3) is 1.36. The van der Waals surface area contributed by atoms with Crippen LogP contribution in [-0.2, 0) is 0 Å². The molecule has 2 rings (SSSR count). The quantitative estimate of drug-likeness (QED) is 0.848. The van der Waals surface area contributed by atoms with E-state index in [9.17, 15) is 4.79 Å². The van der Waals surface area contributed by atoms with Crippen molar-refractivity contribution in [1.82, 2.24) is 14.8 Å². The number of aromatic nitrogens is 3. The molecule has 2 aromatic heterocycles. The molecule has 0 aliphatic carbocycles. The number of hydrogen-bond acceptors (Lipinski definition) is 3. The summed E-state index contributed by atoms with van der Waals surface area (Å²) >= 11 is 4.61. The largest absolute Gasteiger partial charge is 0.292 e. The standard InChI is InChI=1S/C7H6BrN3OS/c1-4-5(8)6(12)11(10-4)7-9-2-3-13-7/h2-3,10H,1H3. The fourth-order valence-corrected chi connectivity index (χ4v) is 1.85. The highest BCUT2D eigenvalue weighted by molar-refractivity contribution is 9.10. The number of H-pyrrole nitrogens is 1. The first kappa shape index (κ1) is 8.71. The van der Waals surface area contributed by atoms with Crippen molar-refractivity contribution in [2.45, 2.75) is 6.92 Å². The number of thiazole rings is 1. The Labute approximate surface area is 86.3 Å². The zero-order valence-corrected chi connectivity index (χ0v) is 9.15. The molecule has 0 aliphatic heterocycles. The van der Waals surface area contributed by atoms with Crippen LogP contribution in [-0.4, -0.2) is 14.8 Å². The summed E-state index contributed by atoms with van der Waals surface area (Å²) in [6.45, 7) is 1.83. The molecule has 0 aliphatic rings. The Balaban J connectivity index is 2.67. The summed E-state index contributed by atoms with van der Waals surface area (Å²) in [6, 6.07) is 0. The fraction of sp³-hybridized carbons (Fsp3) is 0.143. The molecule has 13 heavy (non-hydrogen) atoms. The van der Waals surface area contributed by atoms with Crippen LogP contribution in [0.4, 0.5) is 0 Å². The first-order chi connectivity index (χ1) is 6.20. The molecule has 0 bridgehead atoms. The topological polar surface area (TPSA) is 50.7 Å². The van der Waals surface area contributed by atoms with Gasteiger partial charge in [-0.3, -0.25) is 9.89 Å². The Bertz CT molecular complexity index is 470. The summed E-state index contributed by atoms with van der Waals surface area (Å²) in [7, 11) is 0. The Morgan fingerprint density at radius 3 is 2.92 bits per heavy atom. The number of halogens is 1. The van der Waals surface area contributed by atoms with Crippen LogP contribution >= 0.6 is 27.3 Å². The molecule has 0 saturated carbocycles. The van der Waals surface area contributed by atoms with Crippen LogP contribution in [0.3, 0.4) is 0 Å². The van der Waals surface area contributed by atoms with Crippen LogP contribution in [0.1, 0.15) is 5.69 Å². The highest BCUT2D eigenvalue weighted by atomic mass is 79.9. The van der Waals surface area contributed by atoms with Crippen molar-refractivity contribution >= 4 is 27.3 Å². The second-order valence-corrected chi connectivity index (χ2v) is 4.17. The van der Waals surface area contributed by atoms with Crippen LogP contribution in [0.25, 0.3) is 5.13 Å². The maximum atomic E-state index is 11.5. The first-order valence-electron chi connectivity index (χ1n) is 3.57. The van der Waals surface area contributed by atoms with Gasteiger partial charge in [-0.1, -0.05) is 0 Å². The summed E-state index contributed by atoms with van der Waals surface area (Å²) in [5, 5.41) is 5.40. The summed E-state index contributed by atoms with van der Waals surface area (Å²) in [6.07, 6.45) is 1.66. The van der Waals surface area contributed by atoms with Crippen molar-refractivity contribution in [3.8, 4) is 5.13 Å². The number of rotatable bonds is 1. The van der Waals surface area contributed by atoms with Crippen LogP contribution < -0.4 is 5.56 Å². The number of nitrogens with zero attached hydrogens (tertiary/aromatic N) is 2. The monoisotopic (exact) mass is 259 g/mol. The van der Waals surface area contributed by atoms with E-state index >= 15 is 0 Å². The van der Waals surface area contributed by atoms with E-state index in [1.54, 1.807) is 6.20 Å². The Morgan fingerprint density at radius 2 is 2.46 bits per heavy atom. The summed E-state index contributed by atoms with van der Waals surface area (Å²) in [5.74, 6) is 0. The Morgan fingerprint density at radius 1 is 1.69 bits per heavy atom. The second-order valence-electron chi connectivity index (χ2n) is 2.51. The van der Waals surface area contributed by atoms with E-state index in [1.165, 1.54) is 16.0 Å². The van der Waals surface area contributed by atoms with Crippen molar-refractivity contribution in [2.75, 3.05) is 0 Å². The second kappa shape index (κ2) is 3.12. The highest BCUT2D eigenvalue weighted by Gasteiger charge is 2.10. The molecule has 68 valence electrons. The third-order valence-electron chi connectivity index (χ3n) is 1.61. The van der Waals surface area contributed by atoms with Crippen molar-refractivity contribution in [3.05, 3.63) is 32.1 Å². The third-order valence-corrected chi connectivity index (χ3v) is 3.30. The van der Waals surface area contributed by atoms with Gasteiger partial charge in [-0.2, -0.15) is 4.68 Å². The minimum Gasteiger partial charge on any atom is -0.292 e. The number of hydrogen-bond donors (Lipinski definition) is 1. The molecule has 0 amide bonds. The van der Waals surface area contributed by atoms with Gasteiger partial charge in [0.05, 0.1) is 0 Å². The molecular formula is C7H6BrN3OS. The lowest BCUT2D eigenvalue weighted by Gasteiger charge is -1.92. The smallest absolute Gasteiger partial charge is 0.287 e. The predicted molar refractivity (Wildman–Crippen MR) is 54.5 cm³/mol. The zero-order chi connectivity index (χ0) is 9.42. The molecule has 2 aromatic rings. The summed E-state index contributed by atoms with van der Waals surface area (Å²) in [5.41, 5.74) is 0.702. The first-order valence-corrected chi connectivity index (χ1v) is 5.24. The molecule has 0 aromatic carbocycles. The lowest BCUT2D eigenvalue weighted by molar-refractivity contribution is 0.826. The summed E-state index contributed by atoms with van der Waals surface area (Å²) in [4.78, 5) is 15.6. The van der Waals surface area contributed by atoms with Gasteiger partial charge in [0.2, 0.25) is 5.13 Å². The van der Waals surface area contributed by atoms with Crippen LogP contribution in [0.15, 0.2) is 20.8 Å². The van der Waals surface area contributed by atoms with Crippen LogP contribution in [0, 0.1) is 6.92 Å². The van der Waals surface area contributed by atoms with Crippen LogP contribution in [0.5, 0.6) is 0 Å². The van der Waals surface area contributed by atoms with Gasteiger partial charge in [0.15, 0.2) is 0 Å². The van der Waals surface area contributed by atoms with E-state index in [2.05, 4.69) is 26.0 Å². The molecular weight excluding hydrogens is 254 g/mol. The molecule has 1 N–H and O–H groups in total. The van der Waals surface area contributed by atoms with E-state index in [1.807, 2.05) is 12.3 Å². The van der Waals surface area contributed by atoms with E-state index in [0.717, 1.165) is 5.69 Å². The number of aryl methyl sites for hydroxylation is 1. The molecule has 6 heteroatoms. The van der Waals surface area contributed by atoms with Gasteiger partial charge in [-0.05, 0) is 22.9 Å². The average Bonchev–Trinajstić information content (AvgIpc) is 2.70. The number of aromatic amines is 1. The van der Waals surface area contributed by atoms with Crippen molar-refractivity contribution < 1.29 is 0 Å². The summed E-state index contributed by atoms with van der Waals surface area (Å²) < 4.78 is 1.98. The van der Waals surface area contributed by atoms with Crippen molar-refractivity contribution in [3.63, 3.8) is 0 Å². The molecule has 2 heterocycles. The van der Waals surface area contributed by atoms with Gasteiger partial charge in [-0.15, -0.1) is 11.3 Å². The maximum absolute atomic E-state index is 11.5. The van der Waals surface area contributed by atoms with E-state index < -0.39 is 0 Å². The Hall–Kier alpha value is -0.880. The normalized spacial score (nSPS) is 10.6. The van der Waals surface area contributed by atoms with Gasteiger partial charge < -0.3 is 0 Å². The molecule has 0 spiro atoms. The molecule has 4 nitrogen and oxygen atoms in total. The van der Waals surface area contributed by atoms with Crippen LogP contribution in [0.2, 0.25) is 0 Å². The zero-order valence-electron chi connectivity index (χ0n) is 6.74. The van der Waals surface area contributed by atoms with Gasteiger partial charge in [0.1, 0.15) is 4.47 Å². The highest BCUT2D eigenvalue weighted by Crippen LogP contribution is 2.12. The lowest BCUT2D eigenvalue weighted by atomic mass is 10.5. The van der Waals surface area contributed by atoms with Gasteiger partial charge >= 0.3 is 0 Å². The molecule has 0 atom stereocenters. The maximum Gasteiger partial charge on any atom is 0.287 e. The van der Waals surface area contributed by atoms with E-state index in [0.29, 0.717) is 9.60 Å². The molecule has 0 radical (unpaired) electrons. The van der Waals surface area contributed by atoms with Crippen molar-refractivity contribution in [2.24, 2.45) is 0 Å². The predicted octanol–water partition coefficient (Wildman–Crippen LogP) is 1.69. The minimum atomic E-state index is -0.104. The van der Waals surface area contributed by atoms with E-state index in [4.69, 9.17) is 0 Å². The molecule has 0 fully saturated rings. The molecule has 0 saturated heterocycles. The molecule has 0 unspecified atom stereocenters. The number of nitrogens with one attached hydrogen (secondary N) is 1. The van der Waals surface area contributed by atoms with Gasteiger partial charge in [0, 0.05) is 17.3 Å². The SMILES string of the molecule is Cc1[nH]n(-c2nccs2)c(=O)c1Br. The Kier molecular flexibility index (Phi) is 2.09. The van der Waals surface area contributed by atoms with Gasteiger partial charge in [0.25, 0.3) is 5.56 Å². The van der Waals surface area contributed by atoms with Crippen molar-refractivity contribution in [1.29, 1.82) is 0 Å². The fourth-order valence-electron chi connectivity index (χ4n) is 0.987. The minimum absolute atomic E-state index is 0.104.